The molecule has 0 saturated carbocycles. The smallest absolute Gasteiger partial charge is 0.261 e. The van der Waals surface area contributed by atoms with Crippen LogP contribution in [0.15, 0.2) is 30.5 Å². The van der Waals surface area contributed by atoms with Crippen LogP contribution in [-0.2, 0) is 0 Å². The van der Waals surface area contributed by atoms with Crippen molar-refractivity contribution in [1.82, 2.24) is 4.98 Å². The molecule has 1 amide bonds. The molecule has 0 aliphatic carbocycles. The van der Waals surface area contributed by atoms with Gasteiger partial charge < -0.3 is 5.32 Å². The van der Waals surface area contributed by atoms with Crippen molar-refractivity contribution in [2.45, 2.75) is 0 Å². The van der Waals surface area contributed by atoms with Crippen molar-refractivity contribution < 1.29 is 31.1 Å². The van der Waals surface area contributed by atoms with Crippen molar-refractivity contribution >= 4 is 22.5 Å². The zero-order valence-corrected chi connectivity index (χ0v) is 12.0. The lowest BCUT2D eigenvalue weighted by molar-refractivity contribution is 0.101. The lowest BCUT2D eigenvalue weighted by Gasteiger charge is -2.11. The van der Waals surface area contributed by atoms with Crippen LogP contribution in [-0.4, -0.2) is 10.9 Å². The molecule has 128 valence electrons. The van der Waals surface area contributed by atoms with Gasteiger partial charge in [0.05, 0.1) is 11.2 Å². The van der Waals surface area contributed by atoms with Crippen molar-refractivity contribution in [2.75, 3.05) is 5.32 Å². The van der Waals surface area contributed by atoms with Gasteiger partial charge in [0.25, 0.3) is 5.91 Å². The highest BCUT2D eigenvalue weighted by Crippen LogP contribution is 2.27. The van der Waals surface area contributed by atoms with E-state index in [4.69, 9.17) is 0 Å². The van der Waals surface area contributed by atoms with Gasteiger partial charge in [-0.1, -0.05) is 0 Å². The van der Waals surface area contributed by atoms with E-state index in [-0.39, 0.29) is 16.6 Å². The monoisotopic (exact) mass is 356 g/mol. The molecule has 0 spiro atoms. The minimum absolute atomic E-state index is 0.00212. The number of fused-ring (bicyclic) bond motifs is 1. The molecule has 0 radical (unpaired) electrons. The summed E-state index contributed by atoms with van der Waals surface area (Å²) in [6.45, 7) is 0. The van der Waals surface area contributed by atoms with Crippen LogP contribution in [0.5, 0.6) is 0 Å². The number of aromatic nitrogens is 1. The van der Waals surface area contributed by atoms with Crippen LogP contribution in [0.25, 0.3) is 10.9 Å². The Labute approximate surface area is 135 Å². The van der Waals surface area contributed by atoms with E-state index < -0.39 is 46.4 Å². The van der Waals surface area contributed by atoms with Crippen LogP contribution in [0.1, 0.15) is 10.4 Å². The average molecular weight is 356 g/mol. The number of carbonyl (C=O) groups excluding carboxylic acids is 1. The molecule has 0 unspecified atom stereocenters. The number of carbonyl (C=O) groups is 1. The Morgan fingerprint density at radius 3 is 2.08 bits per heavy atom. The lowest BCUT2D eigenvalue weighted by Crippen LogP contribution is -2.19. The number of amides is 1. The van der Waals surface area contributed by atoms with Gasteiger partial charge in [-0.15, -0.1) is 0 Å². The molecule has 2 aromatic carbocycles. The van der Waals surface area contributed by atoms with Crippen LogP contribution in [0.4, 0.5) is 32.0 Å². The fraction of sp³-hybridized carbons (Fsp3) is 0. The predicted molar refractivity (Wildman–Crippen MR) is 75.9 cm³/mol. The number of hydrogen-bond acceptors (Lipinski definition) is 2. The molecule has 0 aliphatic rings. The lowest BCUT2D eigenvalue weighted by atomic mass is 10.1. The Morgan fingerprint density at radius 1 is 0.840 bits per heavy atom. The molecule has 1 N–H and O–H groups in total. The Bertz CT molecular complexity index is 992. The third-order valence-electron chi connectivity index (χ3n) is 3.40. The zero-order chi connectivity index (χ0) is 18.3. The van der Waals surface area contributed by atoms with E-state index in [2.05, 4.69) is 4.98 Å². The predicted octanol–water partition coefficient (Wildman–Crippen LogP) is 4.32. The Kier molecular flexibility index (Phi) is 4.07. The van der Waals surface area contributed by atoms with Crippen molar-refractivity contribution in [2.24, 2.45) is 0 Å². The van der Waals surface area contributed by atoms with Gasteiger partial charge in [0.2, 0.25) is 5.82 Å². The third kappa shape index (κ3) is 2.67. The first kappa shape index (κ1) is 16.7. The summed E-state index contributed by atoms with van der Waals surface area (Å²) in [4.78, 5) is 15.9. The van der Waals surface area contributed by atoms with Crippen LogP contribution >= 0.6 is 0 Å². The fourth-order valence-electron chi connectivity index (χ4n) is 2.23. The molecule has 0 bridgehead atoms. The number of halogens is 6. The molecule has 0 atom stereocenters. The van der Waals surface area contributed by atoms with E-state index in [1.54, 1.807) is 0 Å². The molecule has 3 aromatic rings. The molecule has 0 fully saturated rings. The minimum atomic E-state index is -2.37. The summed E-state index contributed by atoms with van der Waals surface area (Å²) < 4.78 is 80.5. The van der Waals surface area contributed by atoms with Crippen LogP contribution in [0.3, 0.4) is 0 Å². The first-order valence-electron chi connectivity index (χ1n) is 6.69. The summed E-state index contributed by atoms with van der Waals surface area (Å²) in [5, 5.41) is 1.98. The van der Waals surface area contributed by atoms with Gasteiger partial charge in [0.15, 0.2) is 23.3 Å². The van der Waals surface area contributed by atoms with E-state index in [0.29, 0.717) is 0 Å². The second kappa shape index (κ2) is 6.08. The SMILES string of the molecule is O=C(Nc1ccc(F)c2cccnc12)c1c(F)c(F)c(F)c(F)c1F. The van der Waals surface area contributed by atoms with Crippen LogP contribution in [0, 0.1) is 34.9 Å². The number of nitrogens with zero attached hydrogens (tertiary/aromatic N) is 1. The van der Waals surface area contributed by atoms with Gasteiger partial charge >= 0.3 is 0 Å². The quantitative estimate of drug-likeness (QED) is 0.422. The van der Waals surface area contributed by atoms with E-state index in [0.717, 1.165) is 12.1 Å². The number of pyridine rings is 1. The number of benzene rings is 2. The highest BCUT2D eigenvalue weighted by Gasteiger charge is 2.30. The maximum absolute atomic E-state index is 13.7. The van der Waals surface area contributed by atoms with Crippen LogP contribution in [0.2, 0.25) is 0 Å². The summed E-state index contributed by atoms with van der Waals surface area (Å²) >= 11 is 0. The molecule has 0 aliphatic heterocycles. The fourth-order valence-corrected chi connectivity index (χ4v) is 2.23. The normalized spacial score (nSPS) is 11.0. The average Bonchev–Trinajstić information content (AvgIpc) is 2.61. The standard InChI is InChI=1S/C16H6F6N2O/c17-7-3-4-8(15-6(7)2-1-5-23-15)24-16(25)9-10(18)12(20)14(22)13(21)11(9)19/h1-5H,(H,24,25). The van der Waals surface area contributed by atoms with Crippen LogP contribution < -0.4 is 5.32 Å². The maximum Gasteiger partial charge on any atom is 0.261 e. The molecule has 0 saturated heterocycles. The molecular formula is C16H6F6N2O. The number of nitrogens with one attached hydrogen (secondary N) is 1. The number of rotatable bonds is 2. The molecule has 3 rings (SSSR count). The second-order valence-corrected chi connectivity index (χ2v) is 4.89. The van der Waals surface area contributed by atoms with Crippen molar-refractivity contribution in [3.05, 3.63) is 70.9 Å². The van der Waals surface area contributed by atoms with Gasteiger partial charge in [-0.3, -0.25) is 9.78 Å². The number of hydrogen-bond donors (Lipinski definition) is 1. The topological polar surface area (TPSA) is 42.0 Å². The van der Waals surface area contributed by atoms with Crippen molar-refractivity contribution in [1.29, 1.82) is 0 Å². The van der Waals surface area contributed by atoms with Gasteiger partial charge in [-0.25, -0.2) is 26.3 Å². The summed E-state index contributed by atoms with van der Waals surface area (Å²) in [5.41, 5.74) is -1.87. The first-order chi connectivity index (χ1) is 11.8. The number of anilines is 1. The maximum atomic E-state index is 13.7. The molecule has 1 aromatic heterocycles. The first-order valence-corrected chi connectivity index (χ1v) is 6.69. The van der Waals surface area contributed by atoms with Gasteiger partial charge in [0.1, 0.15) is 11.4 Å². The van der Waals surface area contributed by atoms with Gasteiger partial charge in [0, 0.05) is 11.6 Å². The second-order valence-electron chi connectivity index (χ2n) is 4.89. The summed E-state index contributed by atoms with van der Waals surface area (Å²) in [7, 11) is 0. The molecular weight excluding hydrogens is 350 g/mol. The molecule has 3 nitrogen and oxygen atoms in total. The largest absolute Gasteiger partial charge is 0.320 e. The third-order valence-corrected chi connectivity index (χ3v) is 3.40. The van der Waals surface area contributed by atoms with E-state index >= 15 is 0 Å². The van der Waals surface area contributed by atoms with Crippen molar-refractivity contribution in [3.8, 4) is 0 Å². The summed E-state index contributed by atoms with van der Waals surface area (Å²) in [6, 6.07) is 4.76. The Morgan fingerprint density at radius 2 is 1.44 bits per heavy atom. The van der Waals surface area contributed by atoms with E-state index in [1.165, 1.54) is 18.3 Å². The zero-order valence-electron chi connectivity index (χ0n) is 12.0. The minimum Gasteiger partial charge on any atom is -0.320 e. The Balaban J connectivity index is 2.10. The highest BCUT2D eigenvalue weighted by atomic mass is 19.2. The summed E-state index contributed by atoms with van der Waals surface area (Å²) in [6.07, 6.45) is 1.27. The van der Waals surface area contributed by atoms with Gasteiger partial charge in [-0.2, -0.15) is 0 Å². The van der Waals surface area contributed by atoms with Crippen molar-refractivity contribution in [3.63, 3.8) is 0 Å². The molecule has 25 heavy (non-hydrogen) atoms. The molecule has 1 heterocycles. The van der Waals surface area contributed by atoms with E-state index in [9.17, 15) is 31.1 Å². The Hall–Kier alpha value is -3.10. The summed E-state index contributed by atoms with van der Waals surface area (Å²) in [5.74, 6) is -13.7. The highest BCUT2D eigenvalue weighted by molar-refractivity contribution is 6.08. The van der Waals surface area contributed by atoms with Gasteiger partial charge in [-0.05, 0) is 24.3 Å². The van der Waals surface area contributed by atoms with E-state index in [1.807, 2.05) is 5.32 Å². The molecule has 9 heteroatoms.